The van der Waals surface area contributed by atoms with Crippen LogP contribution < -0.4 is 11.1 Å². The van der Waals surface area contributed by atoms with E-state index in [1.165, 1.54) is 12.1 Å². The first kappa shape index (κ1) is 14.9. The molecule has 0 spiro atoms. The van der Waals surface area contributed by atoms with Crippen molar-refractivity contribution in [3.8, 4) is 0 Å². The van der Waals surface area contributed by atoms with Crippen molar-refractivity contribution in [1.82, 2.24) is 10.3 Å². The molecule has 0 bridgehead atoms. The van der Waals surface area contributed by atoms with Gasteiger partial charge in [-0.05, 0) is 37.6 Å². The Morgan fingerprint density at radius 3 is 2.95 bits per heavy atom. The maximum Gasteiger partial charge on any atom is 0.243 e. The first-order valence-corrected chi connectivity index (χ1v) is 5.68. The zero-order valence-electron chi connectivity index (χ0n) is 10.5. The number of rotatable bonds is 7. The molecule has 102 valence electrons. The van der Waals surface area contributed by atoms with E-state index in [2.05, 4.69) is 20.3 Å². The molecular weight excluding hydrogens is 251 g/mol. The van der Waals surface area contributed by atoms with Gasteiger partial charge in [0.15, 0.2) is 0 Å². The summed E-state index contributed by atoms with van der Waals surface area (Å²) in [6.07, 6.45) is 1.58. The fourth-order valence-electron chi connectivity index (χ4n) is 1.51. The standard InChI is InChI=1S/C11H15FN6O/c1-11(10(13)19,16-5-2-6-17-18-14)9-4-3-8(12)7-15-9/h3-4,7,16H,2,5-6H2,1H3,(H2,13,19). The topological polar surface area (TPSA) is 117 Å². The van der Waals surface area contributed by atoms with Crippen molar-refractivity contribution in [2.45, 2.75) is 18.9 Å². The van der Waals surface area contributed by atoms with Gasteiger partial charge < -0.3 is 5.73 Å². The zero-order valence-corrected chi connectivity index (χ0v) is 10.5. The zero-order chi connectivity index (χ0) is 14.3. The van der Waals surface area contributed by atoms with E-state index in [1.807, 2.05) is 0 Å². The van der Waals surface area contributed by atoms with Gasteiger partial charge in [0.25, 0.3) is 0 Å². The molecule has 1 heterocycles. The fourth-order valence-corrected chi connectivity index (χ4v) is 1.51. The molecule has 0 aliphatic carbocycles. The van der Waals surface area contributed by atoms with E-state index in [4.69, 9.17) is 11.3 Å². The number of carbonyl (C=O) groups is 1. The van der Waals surface area contributed by atoms with Gasteiger partial charge in [0.05, 0.1) is 11.9 Å². The van der Waals surface area contributed by atoms with Gasteiger partial charge in [0.1, 0.15) is 11.4 Å². The highest BCUT2D eigenvalue weighted by Crippen LogP contribution is 2.18. The largest absolute Gasteiger partial charge is 0.368 e. The third-order valence-electron chi connectivity index (χ3n) is 2.71. The highest BCUT2D eigenvalue weighted by molar-refractivity contribution is 5.85. The van der Waals surface area contributed by atoms with Crippen molar-refractivity contribution < 1.29 is 9.18 Å². The summed E-state index contributed by atoms with van der Waals surface area (Å²) in [6.45, 7) is 2.30. The van der Waals surface area contributed by atoms with Crippen LogP contribution in [0.25, 0.3) is 10.4 Å². The minimum Gasteiger partial charge on any atom is -0.368 e. The molecule has 1 aromatic rings. The molecule has 0 aromatic carbocycles. The third-order valence-corrected chi connectivity index (χ3v) is 2.71. The number of carbonyl (C=O) groups excluding carboxylic acids is 1. The van der Waals surface area contributed by atoms with Gasteiger partial charge >= 0.3 is 0 Å². The lowest BCUT2D eigenvalue weighted by molar-refractivity contribution is -0.124. The van der Waals surface area contributed by atoms with Gasteiger partial charge in [0, 0.05) is 11.5 Å². The molecule has 1 aromatic heterocycles. The van der Waals surface area contributed by atoms with Crippen LogP contribution in [-0.2, 0) is 10.3 Å². The normalized spacial score (nSPS) is 13.4. The first-order valence-electron chi connectivity index (χ1n) is 5.68. The summed E-state index contributed by atoms with van der Waals surface area (Å²) in [5, 5.41) is 6.33. The van der Waals surface area contributed by atoms with Crippen molar-refractivity contribution in [2.75, 3.05) is 13.1 Å². The van der Waals surface area contributed by atoms with Crippen molar-refractivity contribution in [3.63, 3.8) is 0 Å². The number of primary amides is 1. The number of aromatic nitrogens is 1. The van der Waals surface area contributed by atoms with Crippen molar-refractivity contribution in [3.05, 3.63) is 40.3 Å². The van der Waals surface area contributed by atoms with E-state index in [9.17, 15) is 9.18 Å². The SMILES string of the molecule is CC(NCCCN=[N+]=[N-])(C(N)=O)c1ccc(F)cn1. The van der Waals surface area contributed by atoms with Gasteiger partial charge in [-0.25, -0.2) is 4.39 Å². The van der Waals surface area contributed by atoms with Crippen molar-refractivity contribution >= 4 is 5.91 Å². The van der Waals surface area contributed by atoms with Crippen LogP contribution in [0.2, 0.25) is 0 Å². The van der Waals surface area contributed by atoms with Crippen LogP contribution in [0.3, 0.4) is 0 Å². The number of amides is 1. The molecule has 19 heavy (non-hydrogen) atoms. The molecule has 1 atom stereocenters. The highest BCUT2D eigenvalue weighted by Gasteiger charge is 2.33. The third kappa shape index (κ3) is 3.90. The van der Waals surface area contributed by atoms with Gasteiger partial charge in [-0.2, -0.15) is 0 Å². The average Bonchev–Trinajstić information content (AvgIpc) is 2.38. The van der Waals surface area contributed by atoms with Crippen LogP contribution in [0.4, 0.5) is 4.39 Å². The van der Waals surface area contributed by atoms with Crippen LogP contribution in [0.1, 0.15) is 19.0 Å². The van der Waals surface area contributed by atoms with Crippen LogP contribution in [0.15, 0.2) is 23.4 Å². The molecule has 0 aliphatic heterocycles. The summed E-state index contributed by atoms with van der Waals surface area (Å²) in [5.41, 5.74) is 12.6. The quantitative estimate of drug-likeness (QED) is 0.334. The highest BCUT2D eigenvalue weighted by atomic mass is 19.1. The second kappa shape index (κ2) is 6.67. The minimum atomic E-state index is -1.19. The number of pyridine rings is 1. The molecule has 0 fully saturated rings. The van der Waals surface area contributed by atoms with Crippen LogP contribution in [-0.4, -0.2) is 24.0 Å². The second-order valence-electron chi connectivity index (χ2n) is 4.09. The lowest BCUT2D eigenvalue weighted by atomic mass is 9.96. The number of hydrogen-bond acceptors (Lipinski definition) is 4. The van der Waals surface area contributed by atoms with Gasteiger partial charge in [-0.1, -0.05) is 5.11 Å². The Balaban J connectivity index is 2.76. The molecule has 0 saturated carbocycles. The number of nitrogens with two attached hydrogens (primary N) is 1. The lowest BCUT2D eigenvalue weighted by Crippen LogP contribution is -2.51. The Morgan fingerprint density at radius 2 is 2.42 bits per heavy atom. The second-order valence-corrected chi connectivity index (χ2v) is 4.09. The Morgan fingerprint density at radius 1 is 1.68 bits per heavy atom. The molecule has 0 radical (unpaired) electrons. The monoisotopic (exact) mass is 266 g/mol. The first-order chi connectivity index (χ1) is 9.00. The lowest BCUT2D eigenvalue weighted by Gasteiger charge is -2.26. The summed E-state index contributed by atoms with van der Waals surface area (Å²) in [7, 11) is 0. The predicted molar refractivity (Wildman–Crippen MR) is 67.4 cm³/mol. The molecule has 0 aliphatic rings. The molecule has 3 N–H and O–H groups in total. The van der Waals surface area contributed by atoms with Gasteiger partial charge in [0.2, 0.25) is 5.91 Å². The molecular formula is C11H15FN6O. The Kier molecular flexibility index (Phi) is 5.23. The Bertz CT molecular complexity index is 484. The van der Waals surface area contributed by atoms with Gasteiger partial charge in [-0.15, -0.1) is 0 Å². The smallest absolute Gasteiger partial charge is 0.243 e. The van der Waals surface area contributed by atoms with E-state index < -0.39 is 17.3 Å². The molecule has 7 nitrogen and oxygen atoms in total. The number of hydrogen-bond donors (Lipinski definition) is 2. The maximum absolute atomic E-state index is 12.8. The number of nitrogens with one attached hydrogen (secondary N) is 1. The number of halogens is 1. The molecule has 0 saturated heterocycles. The maximum atomic E-state index is 12.8. The summed E-state index contributed by atoms with van der Waals surface area (Å²) in [6, 6.07) is 2.62. The predicted octanol–water partition coefficient (Wildman–Crippen LogP) is 1.21. The molecule has 1 rings (SSSR count). The van der Waals surface area contributed by atoms with Gasteiger partial charge in [-0.3, -0.25) is 15.1 Å². The molecule has 1 unspecified atom stereocenters. The summed E-state index contributed by atoms with van der Waals surface area (Å²) >= 11 is 0. The number of nitrogens with zero attached hydrogens (tertiary/aromatic N) is 4. The fraction of sp³-hybridized carbons (Fsp3) is 0.455. The molecule has 1 amide bonds. The summed E-state index contributed by atoms with van der Waals surface area (Å²) in [4.78, 5) is 18.1. The van der Waals surface area contributed by atoms with Crippen LogP contribution in [0, 0.1) is 5.82 Å². The van der Waals surface area contributed by atoms with E-state index in [1.54, 1.807) is 6.92 Å². The number of azide groups is 1. The minimum absolute atomic E-state index is 0.315. The van der Waals surface area contributed by atoms with E-state index >= 15 is 0 Å². The van der Waals surface area contributed by atoms with E-state index in [-0.39, 0.29) is 0 Å². The van der Waals surface area contributed by atoms with Crippen molar-refractivity contribution in [1.29, 1.82) is 0 Å². The van der Waals surface area contributed by atoms with E-state index in [0.717, 1.165) is 6.20 Å². The summed E-state index contributed by atoms with van der Waals surface area (Å²) < 4.78 is 12.8. The Hall–Kier alpha value is -2.18. The van der Waals surface area contributed by atoms with Crippen molar-refractivity contribution in [2.24, 2.45) is 10.8 Å². The average molecular weight is 266 g/mol. The molecule has 8 heteroatoms. The summed E-state index contributed by atoms with van der Waals surface area (Å²) in [5.74, 6) is -1.10. The van der Waals surface area contributed by atoms with Crippen LogP contribution in [0.5, 0.6) is 0 Å². The van der Waals surface area contributed by atoms with Crippen LogP contribution >= 0.6 is 0 Å². The Labute approximate surface area is 109 Å². The van der Waals surface area contributed by atoms with E-state index in [0.29, 0.717) is 25.2 Å².